The van der Waals surface area contributed by atoms with Gasteiger partial charge in [0, 0.05) is 36.0 Å². The Balaban J connectivity index is 1.16. The standard InChI is InChI=1S/C47H51N7O7/c1-30(2)42(51-46(58)60-40-25-23-34-19-11-13-21-36(34)48-40)44(56)50-38(27-32-15-7-5-8-16-32)39(55)29-54(28-33-17-9-6-10-18-33)53-45(57)43(31(3)4)52-47(59)61-41-26-24-35-20-12-14-22-37(35)49-41/h5-26,30-31,38-39,42-43,55H,27-29H2,1-4H3,(H,50,56)(H,51,58)(H,52,59)(H,53,57)/t38-,39-,42-,43-/m0/s1. The van der Waals surface area contributed by atoms with Crippen LogP contribution in [-0.2, 0) is 22.6 Å². The molecule has 4 aromatic carbocycles. The van der Waals surface area contributed by atoms with Gasteiger partial charge in [-0.15, -0.1) is 0 Å². The van der Waals surface area contributed by atoms with Crippen molar-refractivity contribution in [2.75, 3.05) is 6.54 Å². The van der Waals surface area contributed by atoms with Gasteiger partial charge in [-0.2, -0.15) is 0 Å². The Bertz CT molecular complexity index is 2420. The number of benzene rings is 4. The smallest absolute Gasteiger partial charge is 0.391 e. The number of aliphatic hydroxyl groups excluding tert-OH is 1. The second-order valence-corrected chi connectivity index (χ2v) is 15.4. The highest BCUT2D eigenvalue weighted by molar-refractivity contribution is 5.87. The molecule has 0 radical (unpaired) electrons. The van der Waals surface area contributed by atoms with E-state index >= 15 is 0 Å². The highest BCUT2D eigenvalue weighted by Crippen LogP contribution is 2.19. The fourth-order valence-corrected chi connectivity index (χ4v) is 6.74. The van der Waals surface area contributed by atoms with Gasteiger partial charge in [-0.1, -0.05) is 125 Å². The predicted octanol–water partition coefficient (Wildman–Crippen LogP) is 6.33. The van der Waals surface area contributed by atoms with Gasteiger partial charge in [0.15, 0.2) is 0 Å². The zero-order valence-corrected chi connectivity index (χ0v) is 34.5. The van der Waals surface area contributed by atoms with Crippen LogP contribution in [0.1, 0.15) is 38.8 Å². The van der Waals surface area contributed by atoms with Crippen molar-refractivity contribution in [2.45, 2.75) is 64.9 Å². The minimum absolute atomic E-state index is 0.0748. The Kier molecular flexibility index (Phi) is 14.9. The number of aromatic nitrogens is 2. The number of hydrogen-bond acceptors (Lipinski definition) is 10. The van der Waals surface area contributed by atoms with Crippen LogP contribution in [0.3, 0.4) is 0 Å². The number of nitrogens with zero attached hydrogens (tertiary/aromatic N) is 3. The number of para-hydroxylation sites is 2. The molecule has 2 aromatic heterocycles. The number of ether oxygens (including phenoxy) is 2. The normalized spacial score (nSPS) is 13.3. The molecule has 5 N–H and O–H groups in total. The van der Waals surface area contributed by atoms with Gasteiger partial charge < -0.3 is 30.5 Å². The van der Waals surface area contributed by atoms with E-state index in [0.29, 0.717) is 11.0 Å². The third-order valence-electron chi connectivity index (χ3n) is 9.97. The summed E-state index contributed by atoms with van der Waals surface area (Å²) < 4.78 is 11.0. The number of carbonyl (C=O) groups excluding carboxylic acids is 4. The van der Waals surface area contributed by atoms with Gasteiger partial charge in [-0.05, 0) is 53.6 Å². The summed E-state index contributed by atoms with van der Waals surface area (Å²) in [5, 5.41) is 23.6. The summed E-state index contributed by atoms with van der Waals surface area (Å²) in [7, 11) is 0. The molecule has 0 fully saturated rings. The second-order valence-electron chi connectivity index (χ2n) is 15.4. The van der Waals surface area contributed by atoms with Crippen molar-refractivity contribution in [3.8, 4) is 11.8 Å². The van der Waals surface area contributed by atoms with Gasteiger partial charge in [0.1, 0.15) is 12.1 Å². The molecule has 0 unspecified atom stereocenters. The van der Waals surface area contributed by atoms with Crippen molar-refractivity contribution < 1.29 is 33.8 Å². The summed E-state index contributed by atoms with van der Waals surface area (Å²) in [5.41, 5.74) is 5.87. The minimum atomic E-state index is -1.25. The number of amides is 4. The molecule has 6 rings (SSSR count). The maximum absolute atomic E-state index is 14.0. The lowest BCUT2D eigenvalue weighted by Gasteiger charge is -2.33. The van der Waals surface area contributed by atoms with E-state index < -0.39 is 48.2 Å². The first-order valence-corrected chi connectivity index (χ1v) is 20.2. The molecule has 0 aliphatic heterocycles. The van der Waals surface area contributed by atoms with Crippen molar-refractivity contribution >= 4 is 45.8 Å². The highest BCUT2D eigenvalue weighted by Gasteiger charge is 2.32. The molecule has 14 heteroatoms. The molecule has 0 aliphatic carbocycles. The van der Waals surface area contributed by atoms with Crippen molar-refractivity contribution in [1.29, 1.82) is 0 Å². The SMILES string of the molecule is CC(C)[C@H](NC(=O)Oc1ccc2ccccc2n1)C(=O)N[C@@H](Cc1ccccc1)[C@@H](O)CN(Cc1ccccc1)NC(=O)[C@@H](NC(=O)Oc1ccc2ccccc2n1)C(C)C. The monoisotopic (exact) mass is 825 g/mol. The van der Waals surface area contributed by atoms with Gasteiger partial charge in [0.2, 0.25) is 17.7 Å². The molecule has 0 bridgehead atoms. The molecule has 6 aromatic rings. The molecule has 14 nitrogen and oxygen atoms in total. The molecule has 2 heterocycles. The number of pyridine rings is 2. The van der Waals surface area contributed by atoms with Crippen LogP contribution in [-0.4, -0.2) is 74.9 Å². The number of carbonyl (C=O) groups is 4. The number of rotatable bonds is 17. The van der Waals surface area contributed by atoms with Crippen molar-refractivity contribution in [1.82, 2.24) is 36.4 Å². The molecule has 316 valence electrons. The summed E-state index contributed by atoms with van der Waals surface area (Å²) in [6.45, 7) is 7.18. The van der Waals surface area contributed by atoms with E-state index in [2.05, 4.69) is 31.3 Å². The lowest BCUT2D eigenvalue weighted by Crippen LogP contribution is -2.59. The van der Waals surface area contributed by atoms with Crippen molar-refractivity contribution in [3.63, 3.8) is 0 Å². The number of hydrogen-bond donors (Lipinski definition) is 5. The summed E-state index contributed by atoms with van der Waals surface area (Å²) in [6, 6.07) is 37.3. The molecule has 61 heavy (non-hydrogen) atoms. The van der Waals surface area contributed by atoms with Crippen LogP contribution in [0.25, 0.3) is 21.8 Å². The molecule has 4 amide bonds. The topological polar surface area (TPSA) is 184 Å². The molecule has 0 saturated carbocycles. The van der Waals surface area contributed by atoms with E-state index in [9.17, 15) is 24.3 Å². The number of nitrogens with one attached hydrogen (secondary N) is 4. The van der Waals surface area contributed by atoms with Gasteiger partial charge in [0.25, 0.3) is 5.91 Å². The van der Waals surface area contributed by atoms with E-state index in [1.54, 1.807) is 69.1 Å². The third kappa shape index (κ3) is 12.6. The fraction of sp³-hybridized carbons (Fsp3) is 0.277. The van der Waals surface area contributed by atoms with E-state index in [0.717, 1.165) is 21.9 Å². The quantitative estimate of drug-likeness (QED) is 0.0652. The van der Waals surface area contributed by atoms with E-state index in [1.807, 2.05) is 97.1 Å². The van der Waals surface area contributed by atoms with Crippen LogP contribution in [0.4, 0.5) is 9.59 Å². The minimum Gasteiger partial charge on any atom is -0.391 e. The predicted molar refractivity (Wildman–Crippen MR) is 232 cm³/mol. The first kappa shape index (κ1) is 43.7. The van der Waals surface area contributed by atoms with Gasteiger partial charge in [-0.25, -0.2) is 24.6 Å². The zero-order valence-electron chi connectivity index (χ0n) is 34.5. The zero-order chi connectivity index (χ0) is 43.3. The van der Waals surface area contributed by atoms with Crippen LogP contribution in [0.2, 0.25) is 0 Å². The Morgan fingerprint density at radius 1 is 0.574 bits per heavy atom. The van der Waals surface area contributed by atoms with E-state index in [1.165, 1.54) is 0 Å². The molecule has 0 aliphatic rings. The van der Waals surface area contributed by atoms with Crippen LogP contribution in [0.5, 0.6) is 11.8 Å². The number of fused-ring (bicyclic) bond motifs is 2. The van der Waals surface area contributed by atoms with Crippen LogP contribution >= 0.6 is 0 Å². The first-order chi connectivity index (χ1) is 29.4. The lowest BCUT2D eigenvalue weighted by atomic mass is 9.98. The Labute approximate surface area is 354 Å². The van der Waals surface area contributed by atoms with Crippen LogP contribution < -0.4 is 30.8 Å². The Morgan fingerprint density at radius 3 is 1.54 bits per heavy atom. The maximum atomic E-state index is 14.0. The van der Waals surface area contributed by atoms with Crippen LogP contribution in [0.15, 0.2) is 133 Å². The molecular formula is C47H51N7O7. The largest absolute Gasteiger partial charge is 0.414 e. The maximum Gasteiger partial charge on any atom is 0.414 e. The van der Waals surface area contributed by atoms with E-state index in [-0.39, 0.29) is 43.1 Å². The summed E-state index contributed by atoms with van der Waals surface area (Å²) >= 11 is 0. The average Bonchev–Trinajstić information content (AvgIpc) is 3.24. The van der Waals surface area contributed by atoms with Gasteiger partial charge in [0.05, 0.1) is 23.2 Å². The number of hydrazine groups is 1. The van der Waals surface area contributed by atoms with E-state index in [4.69, 9.17) is 9.47 Å². The summed E-state index contributed by atoms with van der Waals surface area (Å²) in [6.07, 6.45) is -2.74. The average molecular weight is 826 g/mol. The van der Waals surface area contributed by atoms with Crippen LogP contribution in [0, 0.1) is 11.8 Å². The Hall–Kier alpha value is -6.90. The molecule has 0 saturated heterocycles. The molecule has 4 atom stereocenters. The van der Waals surface area contributed by atoms with Gasteiger partial charge >= 0.3 is 12.2 Å². The number of aliphatic hydroxyl groups is 1. The van der Waals surface area contributed by atoms with Gasteiger partial charge in [-0.3, -0.25) is 15.0 Å². The lowest BCUT2D eigenvalue weighted by molar-refractivity contribution is -0.131. The Morgan fingerprint density at radius 2 is 1.03 bits per heavy atom. The second kappa shape index (κ2) is 20.9. The third-order valence-corrected chi connectivity index (χ3v) is 9.97. The highest BCUT2D eigenvalue weighted by atomic mass is 16.6. The fourth-order valence-electron chi connectivity index (χ4n) is 6.74. The van der Waals surface area contributed by atoms with Crippen molar-refractivity contribution in [3.05, 3.63) is 145 Å². The summed E-state index contributed by atoms with van der Waals surface area (Å²) in [5.74, 6) is -1.67. The molecular weight excluding hydrogens is 775 g/mol. The van der Waals surface area contributed by atoms with Crippen molar-refractivity contribution in [2.24, 2.45) is 11.8 Å². The molecule has 0 spiro atoms. The first-order valence-electron chi connectivity index (χ1n) is 20.2. The summed E-state index contributed by atoms with van der Waals surface area (Å²) in [4.78, 5) is 63.0.